The molecule has 0 aromatic carbocycles. The lowest BCUT2D eigenvalue weighted by molar-refractivity contribution is -0.133. The summed E-state index contributed by atoms with van der Waals surface area (Å²) < 4.78 is 11.3. The standard InChI is InChI=1S/C13H26N2O2/c1-11-8-15(9-12(2,3)17-11)10-13(14)4-6-16-7-5-13/h11H,4-10,14H2,1-3H3. The van der Waals surface area contributed by atoms with E-state index in [2.05, 4.69) is 25.7 Å². The summed E-state index contributed by atoms with van der Waals surface area (Å²) in [5.41, 5.74) is 6.34. The number of hydrogen-bond acceptors (Lipinski definition) is 4. The van der Waals surface area contributed by atoms with Gasteiger partial charge in [-0.25, -0.2) is 0 Å². The lowest BCUT2D eigenvalue weighted by Crippen LogP contribution is -2.59. The van der Waals surface area contributed by atoms with Crippen LogP contribution in [0.5, 0.6) is 0 Å². The van der Waals surface area contributed by atoms with E-state index in [9.17, 15) is 0 Å². The average Bonchev–Trinajstić information content (AvgIpc) is 2.13. The van der Waals surface area contributed by atoms with Crippen molar-refractivity contribution in [3.63, 3.8) is 0 Å². The van der Waals surface area contributed by atoms with Crippen molar-refractivity contribution in [3.05, 3.63) is 0 Å². The van der Waals surface area contributed by atoms with Gasteiger partial charge in [-0.05, 0) is 33.6 Å². The van der Waals surface area contributed by atoms with Crippen molar-refractivity contribution in [1.82, 2.24) is 4.90 Å². The molecule has 2 rings (SSSR count). The molecule has 2 N–H and O–H groups in total. The molecule has 17 heavy (non-hydrogen) atoms. The number of nitrogens with two attached hydrogens (primary N) is 1. The number of morpholine rings is 1. The second kappa shape index (κ2) is 4.84. The van der Waals surface area contributed by atoms with E-state index in [1.165, 1.54) is 0 Å². The van der Waals surface area contributed by atoms with Gasteiger partial charge in [-0.2, -0.15) is 0 Å². The largest absolute Gasteiger partial charge is 0.381 e. The van der Waals surface area contributed by atoms with E-state index in [0.29, 0.717) is 6.10 Å². The third-order valence-corrected chi connectivity index (χ3v) is 3.67. The SMILES string of the molecule is CC1CN(CC2(N)CCOCC2)CC(C)(C)O1. The van der Waals surface area contributed by atoms with Gasteiger partial charge in [0, 0.05) is 38.4 Å². The quantitative estimate of drug-likeness (QED) is 0.784. The first-order chi connectivity index (χ1) is 7.89. The number of nitrogens with zero attached hydrogens (tertiary/aromatic N) is 1. The summed E-state index contributed by atoms with van der Waals surface area (Å²) in [5, 5.41) is 0. The maximum atomic E-state index is 6.46. The van der Waals surface area contributed by atoms with Gasteiger partial charge >= 0.3 is 0 Å². The summed E-state index contributed by atoms with van der Waals surface area (Å²) in [6.45, 7) is 11.0. The summed E-state index contributed by atoms with van der Waals surface area (Å²) in [4.78, 5) is 2.46. The predicted octanol–water partition coefficient (Wildman–Crippen LogP) is 0.994. The highest BCUT2D eigenvalue weighted by Crippen LogP contribution is 2.25. The van der Waals surface area contributed by atoms with E-state index in [1.807, 2.05) is 0 Å². The molecule has 0 spiro atoms. The Kier molecular flexibility index (Phi) is 3.78. The van der Waals surface area contributed by atoms with Crippen molar-refractivity contribution in [3.8, 4) is 0 Å². The molecule has 0 radical (unpaired) electrons. The Bertz CT molecular complexity index is 262. The third-order valence-electron chi connectivity index (χ3n) is 3.67. The second-order valence-electron chi connectivity index (χ2n) is 6.33. The van der Waals surface area contributed by atoms with E-state index in [0.717, 1.165) is 45.7 Å². The first-order valence-corrected chi connectivity index (χ1v) is 6.65. The summed E-state index contributed by atoms with van der Waals surface area (Å²) >= 11 is 0. The Balaban J connectivity index is 1.93. The molecule has 0 aliphatic carbocycles. The molecule has 1 unspecified atom stereocenters. The Labute approximate surface area is 104 Å². The highest BCUT2D eigenvalue weighted by atomic mass is 16.5. The Morgan fingerprint density at radius 1 is 1.29 bits per heavy atom. The van der Waals surface area contributed by atoms with Gasteiger partial charge in [-0.15, -0.1) is 0 Å². The lowest BCUT2D eigenvalue weighted by Gasteiger charge is -2.45. The summed E-state index contributed by atoms with van der Waals surface area (Å²) in [6.07, 6.45) is 2.24. The molecule has 100 valence electrons. The van der Waals surface area contributed by atoms with Crippen LogP contribution in [0.25, 0.3) is 0 Å². The smallest absolute Gasteiger partial charge is 0.0757 e. The fourth-order valence-corrected chi connectivity index (χ4v) is 3.09. The second-order valence-corrected chi connectivity index (χ2v) is 6.33. The van der Waals surface area contributed by atoms with Gasteiger partial charge in [0.05, 0.1) is 11.7 Å². The first kappa shape index (κ1) is 13.3. The van der Waals surface area contributed by atoms with Crippen molar-refractivity contribution < 1.29 is 9.47 Å². The normalized spacial score (nSPS) is 33.5. The van der Waals surface area contributed by atoms with Crippen molar-refractivity contribution in [2.75, 3.05) is 32.8 Å². The molecule has 2 aliphatic heterocycles. The van der Waals surface area contributed by atoms with Crippen LogP contribution >= 0.6 is 0 Å². The molecule has 0 amide bonds. The Morgan fingerprint density at radius 3 is 2.53 bits per heavy atom. The Morgan fingerprint density at radius 2 is 1.94 bits per heavy atom. The van der Waals surface area contributed by atoms with Gasteiger partial charge in [0.2, 0.25) is 0 Å². The van der Waals surface area contributed by atoms with Crippen molar-refractivity contribution >= 4 is 0 Å². The fourth-order valence-electron chi connectivity index (χ4n) is 3.09. The maximum absolute atomic E-state index is 6.46. The fraction of sp³-hybridized carbons (Fsp3) is 1.00. The zero-order chi connectivity index (χ0) is 12.5. The van der Waals surface area contributed by atoms with Crippen LogP contribution < -0.4 is 5.73 Å². The van der Waals surface area contributed by atoms with Crippen molar-refractivity contribution in [2.24, 2.45) is 5.73 Å². The molecular formula is C13H26N2O2. The summed E-state index contributed by atoms with van der Waals surface area (Å²) in [7, 11) is 0. The molecule has 0 aromatic rings. The van der Waals surface area contributed by atoms with Crippen LogP contribution in [0.1, 0.15) is 33.6 Å². The topological polar surface area (TPSA) is 47.7 Å². The van der Waals surface area contributed by atoms with Crippen LogP contribution in [0.15, 0.2) is 0 Å². The van der Waals surface area contributed by atoms with Crippen molar-refractivity contribution in [2.45, 2.75) is 50.9 Å². The minimum absolute atomic E-state index is 0.0564. The van der Waals surface area contributed by atoms with E-state index in [-0.39, 0.29) is 11.1 Å². The van der Waals surface area contributed by atoms with Gasteiger partial charge in [0.1, 0.15) is 0 Å². The zero-order valence-corrected chi connectivity index (χ0v) is 11.4. The number of rotatable bonds is 2. The molecule has 2 fully saturated rings. The molecule has 2 aliphatic rings. The predicted molar refractivity (Wildman–Crippen MR) is 68.0 cm³/mol. The van der Waals surface area contributed by atoms with E-state index >= 15 is 0 Å². The summed E-state index contributed by atoms with van der Waals surface area (Å²) in [6, 6.07) is 0. The van der Waals surface area contributed by atoms with Gasteiger partial charge in [0.15, 0.2) is 0 Å². The van der Waals surface area contributed by atoms with Gasteiger partial charge < -0.3 is 15.2 Å². The molecule has 4 nitrogen and oxygen atoms in total. The van der Waals surface area contributed by atoms with Crippen LogP contribution in [-0.2, 0) is 9.47 Å². The van der Waals surface area contributed by atoms with Gasteiger partial charge in [-0.3, -0.25) is 4.90 Å². The molecule has 2 heterocycles. The third kappa shape index (κ3) is 3.65. The molecule has 0 saturated carbocycles. The average molecular weight is 242 g/mol. The van der Waals surface area contributed by atoms with Crippen LogP contribution in [0.4, 0.5) is 0 Å². The molecule has 4 heteroatoms. The first-order valence-electron chi connectivity index (χ1n) is 6.65. The lowest BCUT2D eigenvalue weighted by atomic mass is 9.90. The van der Waals surface area contributed by atoms with Crippen LogP contribution in [0.2, 0.25) is 0 Å². The van der Waals surface area contributed by atoms with Crippen LogP contribution in [0.3, 0.4) is 0 Å². The minimum Gasteiger partial charge on any atom is -0.381 e. The van der Waals surface area contributed by atoms with E-state index in [1.54, 1.807) is 0 Å². The molecule has 1 atom stereocenters. The maximum Gasteiger partial charge on any atom is 0.0757 e. The molecule has 0 bridgehead atoms. The number of ether oxygens (including phenoxy) is 2. The van der Waals surface area contributed by atoms with Gasteiger partial charge in [0.25, 0.3) is 0 Å². The van der Waals surface area contributed by atoms with E-state index < -0.39 is 0 Å². The zero-order valence-electron chi connectivity index (χ0n) is 11.4. The van der Waals surface area contributed by atoms with Crippen molar-refractivity contribution in [1.29, 1.82) is 0 Å². The van der Waals surface area contributed by atoms with Gasteiger partial charge in [-0.1, -0.05) is 0 Å². The number of hydrogen-bond donors (Lipinski definition) is 1. The highest BCUT2D eigenvalue weighted by molar-refractivity contribution is 4.93. The monoisotopic (exact) mass is 242 g/mol. The molecule has 2 saturated heterocycles. The minimum atomic E-state index is -0.0641. The summed E-state index contributed by atoms with van der Waals surface area (Å²) in [5.74, 6) is 0. The van der Waals surface area contributed by atoms with Crippen LogP contribution in [-0.4, -0.2) is 55.0 Å². The Hall–Kier alpha value is -0.160. The molecular weight excluding hydrogens is 216 g/mol. The van der Waals surface area contributed by atoms with E-state index in [4.69, 9.17) is 15.2 Å². The van der Waals surface area contributed by atoms with Crippen LogP contribution in [0, 0.1) is 0 Å². The molecule has 0 aromatic heterocycles. The highest BCUT2D eigenvalue weighted by Gasteiger charge is 2.36.